The summed E-state index contributed by atoms with van der Waals surface area (Å²) >= 11 is 32.3. The van der Waals surface area contributed by atoms with Gasteiger partial charge in [-0.1, -0.05) is 58.0 Å². The average molecular weight is 285 g/mol. The Labute approximate surface area is 100 Å². The van der Waals surface area contributed by atoms with E-state index in [0.717, 1.165) is 0 Å². The van der Waals surface area contributed by atoms with Crippen molar-refractivity contribution in [3.63, 3.8) is 0 Å². The molecule has 12 heavy (non-hydrogen) atoms. The summed E-state index contributed by atoms with van der Waals surface area (Å²) in [6, 6.07) is 0. The minimum absolute atomic E-state index is 0.0181. The monoisotopic (exact) mass is 282 g/mol. The maximum Gasteiger partial charge on any atom is 0.127 e. The fourth-order valence-corrected chi connectivity index (χ4v) is 1.13. The van der Waals surface area contributed by atoms with Crippen LogP contribution in [-0.2, 0) is 0 Å². The molecule has 0 unspecified atom stereocenters. The normalized spacial score (nSPS) is 11.2. The van der Waals surface area contributed by atoms with Crippen molar-refractivity contribution in [3.05, 3.63) is 19.6 Å². The lowest BCUT2D eigenvalue weighted by molar-refractivity contribution is 1.80. The first kappa shape index (κ1) is 12.8. The lowest BCUT2D eigenvalue weighted by Crippen LogP contribution is -1.77. The first-order valence-corrected chi connectivity index (χ1v) is 4.65. The van der Waals surface area contributed by atoms with E-state index in [2.05, 4.69) is 5.92 Å². The molecule has 0 radical (unpaired) electrons. The van der Waals surface area contributed by atoms with Crippen LogP contribution in [0.4, 0.5) is 0 Å². The van der Waals surface area contributed by atoms with E-state index in [9.17, 15) is 0 Å². The summed E-state index contributed by atoms with van der Waals surface area (Å²) in [6.45, 7) is 0. The van der Waals surface area contributed by atoms with Gasteiger partial charge in [0.2, 0.25) is 0 Å². The average Bonchev–Trinajstić information content (AvgIpc) is 2.02. The van der Waals surface area contributed by atoms with Gasteiger partial charge in [0.1, 0.15) is 9.52 Å². The largest absolute Gasteiger partial charge is 0.127 e. The van der Waals surface area contributed by atoms with Gasteiger partial charge in [-0.2, -0.15) is 0 Å². The summed E-state index contributed by atoms with van der Waals surface area (Å²) < 4.78 is -0.184. The summed E-state index contributed by atoms with van der Waals surface area (Å²) in [5, 5.41) is 1.90. The van der Waals surface area contributed by atoms with Crippen LogP contribution in [0, 0.1) is 11.3 Å². The lowest BCUT2D eigenvalue weighted by Gasteiger charge is -1.95. The van der Waals surface area contributed by atoms with Crippen molar-refractivity contribution in [2.75, 3.05) is 0 Å². The molecular formula is C6Cl6. The summed E-state index contributed by atoms with van der Waals surface area (Å²) in [4.78, 5) is 0. The Morgan fingerprint density at radius 2 is 1.33 bits per heavy atom. The van der Waals surface area contributed by atoms with Crippen LogP contribution in [0.15, 0.2) is 19.6 Å². The van der Waals surface area contributed by atoms with Crippen LogP contribution in [0.1, 0.15) is 0 Å². The zero-order chi connectivity index (χ0) is 9.72. The van der Waals surface area contributed by atoms with E-state index >= 15 is 0 Å². The van der Waals surface area contributed by atoms with E-state index in [1.165, 1.54) is 0 Å². The zero-order valence-electron chi connectivity index (χ0n) is 5.27. The smallest absolute Gasteiger partial charge is 0.0803 e. The van der Waals surface area contributed by atoms with Crippen molar-refractivity contribution in [3.8, 4) is 11.3 Å². The maximum absolute atomic E-state index is 5.58. The van der Waals surface area contributed by atoms with Gasteiger partial charge in [0.15, 0.2) is 0 Å². The van der Waals surface area contributed by atoms with E-state index in [0.29, 0.717) is 0 Å². The third kappa shape index (κ3) is 4.14. The molecule has 0 saturated heterocycles. The molecule has 0 aliphatic carbocycles. The molecule has 0 aliphatic heterocycles. The fraction of sp³-hybridized carbons (Fsp3) is 0. The van der Waals surface area contributed by atoms with Crippen LogP contribution in [0.25, 0.3) is 0 Å². The van der Waals surface area contributed by atoms with Crippen LogP contribution in [0.3, 0.4) is 0 Å². The Bertz CT molecular complexity index is 285. The summed E-state index contributed by atoms with van der Waals surface area (Å²) in [5.41, 5.74) is 0. The van der Waals surface area contributed by atoms with Crippen molar-refractivity contribution < 1.29 is 0 Å². The van der Waals surface area contributed by atoms with Crippen LogP contribution in [-0.4, -0.2) is 0 Å². The Balaban J connectivity index is 5.01. The van der Waals surface area contributed by atoms with Gasteiger partial charge in [-0.25, -0.2) is 0 Å². The van der Waals surface area contributed by atoms with Gasteiger partial charge in [0.05, 0.1) is 10.1 Å². The van der Waals surface area contributed by atoms with Crippen molar-refractivity contribution in [2.45, 2.75) is 0 Å². The number of halogens is 6. The highest BCUT2D eigenvalue weighted by atomic mass is 35.5. The van der Waals surface area contributed by atoms with E-state index in [1.807, 2.05) is 5.38 Å². The molecule has 0 aromatic carbocycles. The van der Waals surface area contributed by atoms with Crippen molar-refractivity contribution in [1.29, 1.82) is 0 Å². The Morgan fingerprint density at radius 3 is 1.67 bits per heavy atom. The number of rotatable bonds is 1. The van der Waals surface area contributed by atoms with Crippen LogP contribution in [0.5, 0.6) is 0 Å². The molecule has 0 aromatic rings. The molecule has 0 N–H and O–H groups in total. The molecule has 0 aliphatic rings. The number of allylic oxidation sites excluding steroid dienone is 3. The Kier molecular flexibility index (Phi) is 6.67. The molecule has 0 amide bonds. The molecule has 6 heteroatoms. The maximum atomic E-state index is 5.58. The minimum atomic E-state index is -0.184. The van der Waals surface area contributed by atoms with Gasteiger partial charge in [-0.15, -0.1) is 0 Å². The molecule has 0 saturated carbocycles. The quantitative estimate of drug-likeness (QED) is 0.481. The SMILES string of the molecule is ClC#C/C(Cl)=C(\Cl)C(Cl)=C(Cl)Cl. The predicted octanol–water partition coefficient (Wildman–Crippen LogP) is 4.76. The second kappa shape index (κ2) is 6.27. The van der Waals surface area contributed by atoms with Gasteiger partial charge < -0.3 is 0 Å². The van der Waals surface area contributed by atoms with E-state index in [-0.39, 0.29) is 19.6 Å². The first-order chi connectivity index (χ1) is 5.50. The van der Waals surface area contributed by atoms with Crippen LogP contribution in [0.2, 0.25) is 0 Å². The highest BCUT2D eigenvalue weighted by Crippen LogP contribution is 2.30. The third-order valence-corrected chi connectivity index (χ3v) is 2.61. The molecule has 0 bridgehead atoms. The highest BCUT2D eigenvalue weighted by Gasteiger charge is 2.07. The van der Waals surface area contributed by atoms with Crippen molar-refractivity contribution >= 4 is 69.6 Å². The van der Waals surface area contributed by atoms with E-state index in [1.54, 1.807) is 0 Å². The first-order valence-electron chi connectivity index (χ1n) is 2.38. The molecular weight excluding hydrogens is 285 g/mol. The molecule has 0 fully saturated rings. The summed E-state index contributed by atoms with van der Waals surface area (Å²) in [7, 11) is 0. The fourth-order valence-electron chi connectivity index (χ4n) is 0.276. The second-order valence-corrected chi connectivity index (χ2v) is 3.69. The topological polar surface area (TPSA) is 0 Å². The zero-order valence-corrected chi connectivity index (χ0v) is 9.80. The lowest BCUT2D eigenvalue weighted by atomic mass is 10.5. The second-order valence-electron chi connectivity index (χ2n) is 1.42. The molecule has 0 heterocycles. The van der Waals surface area contributed by atoms with Gasteiger partial charge >= 0.3 is 0 Å². The predicted molar refractivity (Wildman–Crippen MR) is 56.9 cm³/mol. The van der Waals surface area contributed by atoms with Crippen LogP contribution < -0.4 is 0 Å². The summed E-state index contributed by atoms with van der Waals surface area (Å²) in [6.07, 6.45) is 0. The molecule has 0 aromatic heterocycles. The molecule has 0 atom stereocenters. The standard InChI is InChI=1S/C6Cl6/c7-2-1-3(8)4(9)5(10)6(11)12/b4-3+. The van der Waals surface area contributed by atoms with Gasteiger partial charge in [0.25, 0.3) is 0 Å². The molecule has 0 rings (SSSR count). The van der Waals surface area contributed by atoms with Crippen LogP contribution >= 0.6 is 69.6 Å². The minimum Gasteiger partial charge on any atom is -0.0803 e. The Morgan fingerprint density at radius 1 is 0.833 bits per heavy atom. The molecule has 66 valence electrons. The van der Waals surface area contributed by atoms with Crippen molar-refractivity contribution in [2.24, 2.45) is 0 Å². The van der Waals surface area contributed by atoms with E-state index < -0.39 is 0 Å². The number of hydrogen-bond donors (Lipinski definition) is 0. The number of hydrogen-bond acceptors (Lipinski definition) is 0. The molecule has 0 nitrogen and oxygen atoms in total. The molecule has 0 spiro atoms. The Hall–Kier alpha value is 0.780. The van der Waals surface area contributed by atoms with Crippen molar-refractivity contribution in [1.82, 2.24) is 0 Å². The highest BCUT2D eigenvalue weighted by molar-refractivity contribution is 6.62. The van der Waals surface area contributed by atoms with Gasteiger partial charge in [-0.05, 0) is 17.5 Å². The van der Waals surface area contributed by atoms with Gasteiger partial charge in [0, 0.05) is 5.38 Å². The van der Waals surface area contributed by atoms with E-state index in [4.69, 9.17) is 69.6 Å². The summed E-state index contributed by atoms with van der Waals surface area (Å²) in [5.74, 6) is 2.27. The third-order valence-electron chi connectivity index (χ3n) is 0.708. The van der Waals surface area contributed by atoms with Gasteiger partial charge in [-0.3, -0.25) is 0 Å².